The number of aryl methyl sites for hydroxylation is 1. The molecule has 0 N–H and O–H groups in total. The molecule has 0 radical (unpaired) electrons. The highest BCUT2D eigenvalue weighted by Crippen LogP contribution is 2.31. The van der Waals surface area contributed by atoms with Crippen LogP contribution >= 0.6 is 23.4 Å². The van der Waals surface area contributed by atoms with Crippen LogP contribution in [0.5, 0.6) is 0 Å². The van der Waals surface area contributed by atoms with E-state index in [4.69, 9.17) is 16.9 Å². The summed E-state index contributed by atoms with van der Waals surface area (Å²) in [4.78, 5) is 0. The molecule has 6 nitrogen and oxygen atoms in total. The number of aromatic nitrogens is 5. The maximum atomic E-state index is 8.89. The summed E-state index contributed by atoms with van der Waals surface area (Å²) in [5.41, 5.74) is 3.24. The van der Waals surface area contributed by atoms with Gasteiger partial charge in [0.15, 0.2) is 11.5 Å². The van der Waals surface area contributed by atoms with E-state index < -0.39 is 0 Å². The highest BCUT2D eigenvalue weighted by atomic mass is 35.5. The molecule has 4 aromatic rings. The summed E-state index contributed by atoms with van der Waals surface area (Å²) in [7, 11) is 0. The standard InChI is InChI=1S/C20H13ClN6S/c1-13-3-2-4-14(11-13)19-25-26-20(27(19)17-8-5-15(21)6-9-17)28-18-10-7-16(12-22)23-24-18/h2-11H,1H3. The van der Waals surface area contributed by atoms with Gasteiger partial charge in [0.25, 0.3) is 0 Å². The summed E-state index contributed by atoms with van der Waals surface area (Å²) in [6, 6.07) is 20.9. The molecule has 2 heterocycles. The third kappa shape index (κ3) is 3.74. The van der Waals surface area contributed by atoms with Crippen molar-refractivity contribution in [1.82, 2.24) is 25.0 Å². The monoisotopic (exact) mass is 404 g/mol. The van der Waals surface area contributed by atoms with Crippen LogP contribution < -0.4 is 0 Å². The molecule has 136 valence electrons. The van der Waals surface area contributed by atoms with E-state index in [9.17, 15) is 0 Å². The van der Waals surface area contributed by atoms with Gasteiger partial charge in [-0.3, -0.25) is 4.57 Å². The Balaban J connectivity index is 1.81. The Labute approximate surface area is 170 Å². The minimum absolute atomic E-state index is 0.268. The van der Waals surface area contributed by atoms with Crippen molar-refractivity contribution in [2.24, 2.45) is 0 Å². The lowest BCUT2D eigenvalue weighted by Crippen LogP contribution is -2.00. The first kappa shape index (κ1) is 18.2. The van der Waals surface area contributed by atoms with Gasteiger partial charge in [-0.15, -0.1) is 20.4 Å². The number of halogens is 1. The predicted octanol–water partition coefficient (Wildman–Crippen LogP) is 4.71. The van der Waals surface area contributed by atoms with Crippen LogP contribution in [0.1, 0.15) is 11.3 Å². The van der Waals surface area contributed by atoms with Gasteiger partial charge in [-0.1, -0.05) is 35.4 Å². The van der Waals surface area contributed by atoms with E-state index in [1.807, 2.05) is 60.0 Å². The summed E-state index contributed by atoms with van der Waals surface area (Å²) in [6.07, 6.45) is 0. The van der Waals surface area contributed by atoms with Crippen molar-refractivity contribution < 1.29 is 0 Å². The van der Waals surface area contributed by atoms with Crippen LogP contribution in [0.3, 0.4) is 0 Å². The van der Waals surface area contributed by atoms with E-state index in [1.165, 1.54) is 11.8 Å². The van der Waals surface area contributed by atoms with Crippen LogP contribution in [0.2, 0.25) is 5.02 Å². The molecular weight excluding hydrogens is 392 g/mol. The average molecular weight is 405 g/mol. The number of hydrogen-bond acceptors (Lipinski definition) is 6. The molecule has 0 saturated heterocycles. The van der Waals surface area contributed by atoms with Crippen LogP contribution in [0.15, 0.2) is 70.8 Å². The van der Waals surface area contributed by atoms with Gasteiger partial charge in [0.1, 0.15) is 11.1 Å². The summed E-state index contributed by atoms with van der Waals surface area (Å²) in [5, 5.41) is 27.5. The maximum absolute atomic E-state index is 8.89. The lowest BCUT2D eigenvalue weighted by molar-refractivity contribution is 0.868. The number of benzene rings is 2. The van der Waals surface area contributed by atoms with E-state index in [2.05, 4.69) is 26.5 Å². The van der Waals surface area contributed by atoms with Crippen molar-refractivity contribution >= 4 is 23.4 Å². The first-order valence-corrected chi connectivity index (χ1v) is 9.53. The molecule has 0 saturated carbocycles. The highest BCUT2D eigenvalue weighted by molar-refractivity contribution is 7.99. The maximum Gasteiger partial charge on any atom is 0.202 e. The van der Waals surface area contributed by atoms with Crippen LogP contribution in [-0.4, -0.2) is 25.0 Å². The Morgan fingerprint density at radius 1 is 0.964 bits per heavy atom. The Kier molecular flexibility index (Phi) is 5.06. The van der Waals surface area contributed by atoms with Gasteiger partial charge in [0.2, 0.25) is 5.16 Å². The molecule has 0 amide bonds. The van der Waals surface area contributed by atoms with Gasteiger partial charge in [-0.2, -0.15) is 5.26 Å². The fourth-order valence-electron chi connectivity index (χ4n) is 2.66. The summed E-state index contributed by atoms with van der Waals surface area (Å²) >= 11 is 7.38. The van der Waals surface area contributed by atoms with E-state index in [-0.39, 0.29) is 5.69 Å². The minimum Gasteiger partial charge on any atom is -0.270 e. The quantitative estimate of drug-likeness (QED) is 0.490. The van der Waals surface area contributed by atoms with E-state index >= 15 is 0 Å². The van der Waals surface area contributed by atoms with Crippen molar-refractivity contribution in [2.45, 2.75) is 17.1 Å². The van der Waals surface area contributed by atoms with Gasteiger partial charge in [-0.05, 0) is 61.2 Å². The number of nitrogens with zero attached hydrogens (tertiary/aromatic N) is 6. The fraction of sp³-hybridized carbons (Fsp3) is 0.0500. The summed E-state index contributed by atoms with van der Waals surface area (Å²) in [6.45, 7) is 2.04. The molecule has 0 bridgehead atoms. The Hall–Kier alpha value is -3.21. The molecule has 0 aliphatic carbocycles. The lowest BCUT2D eigenvalue weighted by Gasteiger charge is -2.10. The van der Waals surface area contributed by atoms with Crippen molar-refractivity contribution in [3.8, 4) is 23.1 Å². The van der Waals surface area contributed by atoms with Crippen molar-refractivity contribution in [3.05, 3.63) is 76.9 Å². The van der Waals surface area contributed by atoms with Crippen molar-refractivity contribution in [3.63, 3.8) is 0 Å². The summed E-state index contributed by atoms with van der Waals surface area (Å²) < 4.78 is 1.95. The van der Waals surface area contributed by atoms with E-state index in [1.54, 1.807) is 12.1 Å². The first-order chi connectivity index (χ1) is 13.6. The largest absolute Gasteiger partial charge is 0.270 e. The molecule has 0 spiro atoms. The molecular formula is C20H13ClN6S. The normalized spacial score (nSPS) is 10.6. The van der Waals surface area contributed by atoms with Crippen LogP contribution in [0, 0.1) is 18.3 Å². The second-order valence-electron chi connectivity index (χ2n) is 5.96. The zero-order chi connectivity index (χ0) is 19.5. The van der Waals surface area contributed by atoms with Gasteiger partial charge in [-0.25, -0.2) is 0 Å². The SMILES string of the molecule is Cc1cccc(-c2nnc(Sc3ccc(C#N)nn3)n2-c2ccc(Cl)cc2)c1. The third-order valence-electron chi connectivity index (χ3n) is 3.94. The molecule has 0 fully saturated rings. The minimum atomic E-state index is 0.268. The smallest absolute Gasteiger partial charge is 0.202 e. The van der Waals surface area contributed by atoms with E-state index in [0.29, 0.717) is 15.2 Å². The zero-order valence-electron chi connectivity index (χ0n) is 14.7. The van der Waals surface area contributed by atoms with Crippen molar-refractivity contribution in [1.29, 1.82) is 5.26 Å². The van der Waals surface area contributed by atoms with Gasteiger partial charge >= 0.3 is 0 Å². The van der Waals surface area contributed by atoms with Crippen LogP contribution in [-0.2, 0) is 0 Å². The van der Waals surface area contributed by atoms with Gasteiger partial charge in [0.05, 0.1) is 0 Å². The average Bonchev–Trinajstić information content (AvgIpc) is 3.13. The van der Waals surface area contributed by atoms with E-state index in [0.717, 1.165) is 22.6 Å². The molecule has 0 atom stereocenters. The van der Waals surface area contributed by atoms with Gasteiger partial charge < -0.3 is 0 Å². The first-order valence-electron chi connectivity index (χ1n) is 8.34. The topological polar surface area (TPSA) is 80.3 Å². The van der Waals surface area contributed by atoms with Crippen LogP contribution in [0.4, 0.5) is 0 Å². The lowest BCUT2D eigenvalue weighted by atomic mass is 10.1. The molecule has 0 aliphatic heterocycles. The van der Waals surface area contributed by atoms with Gasteiger partial charge in [0, 0.05) is 16.3 Å². The molecule has 8 heteroatoms. The summed E-state index contributed by atoms with van der Waals surface area (Å²) in [5.74, 6) is 0.718. The fourth-order valence-corrected chi connectivity index (χ4v) is 3.55. The molecule has 2 aromatic carbocycles. The molecule has 0 unspecified atom stereocenters. The van der Waals surface area contributed by atoms with Crippen molar-refractivity contribution in [2.75, 3.05) is 0 Å². The Morgan fingerprint density at radius 3 is 2.46 bits per heavy atom. The number of hydrogen-bond donors (Lipinski definition) is 0. The second kappa shape index (κ2) is 7.80. The van der Waals surface area contributed by atoms with Crippen LogP contribution in [0.25, 0.3) is 17.1 Å². The highest BCUT2D eigenvalue weighted by Gasteiger charge is 2.17. The number of nitriles is 1. The molecule has 2 aromatic heterocycles. The Morgan fingerprint density at radius 2 is 1.79 bits per heavy atom. The molecule has 0 aliphatic rings. The molecule has 28 heavy (non-hydrogen) atoms. The molecule has 4 rings (SSSR count). The Bertz CT molecular complexity index is 1160. The second-order valence-corrected chi connectivity index (χ2v) is 7.38. The zero-order valence-corrected chi connectivity index (χ0v) is 16.3. The predicted molar refractivity (Wildman–Crippen MR) is 107 cm³/mol. The third-order valence-corrected chi connectivity index (χ3v) is 5.07. The number of rotatable bonds is 4.